The first-order valence-corrected chi connectivity index (χ1v) is 17.5. The zero-order valence-electron chi connectivity index (χ0n) is 27.9. The Balaban J connectivity index is 1.10. The first-order chi connectivity index (χ1) is 25.3. The van der Waals surface area contributed by atoms with E-state index in [1.165, 1.54) is 71.3 Å². The summed E-state index contributed by atoms with van der Waals surface area (Å²) < 4.78 is 0. The SMILES string of the molecule is c1ccc(C2=Nc3ccccc3C2c2ccc3cc(-c4c5ccccc5c(-c5ccc(-c6ccccn6)cc5)c5ccccc45)ccc3c2)cc1. The van der Waals surface area contributed by atoms with Gasteiger partial charge in [-0.3, -0.25) is 9.98 Å². The highest BCUT2D eigenvalue weighted by molar-refractivity contribution is 6.22. The van der Waals surface area contributed by atoms with Crippen molar-refractivity contribution in [2.75, 3.05) is 0 Å². The molecule has 10 rings (SSSR count). The molecule has 2 heterocycles. The minimum absolute atomic E-state index is 0.0890. The molecule has 1 aliphatic rings. The van der Waals surface area contributed by atoms with E-state index in [0.29, 0.717) is 0 Å². The molecular weight excluding hydrogens is 617 g/mol. The molecule has 1 atom stereocenters. The molecule has 0 fully saturated rings. The fourth-order valence-corrected chi connectivity index (χ4v) is 8.04. The number of aliphatic imine (C=N–C) groups is 1. The zero-order chi connectivity index (χ0) is 33.7. The molecule has 1 aliphatic heterocycles. The summed E-state index contributed by atoms with van der Waals surface area (Å²) in [6.45, 7) is 0. The van der Waals surface area contributed by atoms with E-state index in [1.807, 2.05) is 18.3 Å². The van der Waals surface area contributed by atoms with Gasteiger partial charge < -0.3 is 0 Å². The number of hydrogen-bond donors (Lipinski definition) is 0. The fraction of sp³-hybridized carbons (Fsp3) is 0.0204. The summed E-state index contributed by atoms with van der Waals surface area (Å²) in [6.07, 6.45) is 1.85. The molecule has 1 unspecified atom stereocenters. The van der Waals surface area contributed by atoms with Crippen LogP contribution in [-0.2, 0) is 0 Å². The summed E-state index contributed by atoms with van der Waals surface area (Å²) in [6, 6.07) is 65.7. The predicted molar refractivity (Wildman–Crippen MR) is 214 cm³/mol. The van der Waals surface area contributed by atoms with Crippen molar-refractivity contribution in [2.24, 2.45) is 4.99 Å². The molecule has 0 amide bonds. The Hall–Kier alpha value is -6.64. The second-order valence-corrected chi connectivity index (χ2v) is 13.3. The summed E-state index contributed by atoms with van der Waals surface area (Å²) in [5, 5.41) is 7.46. The van der Waals surface area contributed by atoms with E-state index in [0.717, 1.165) is 22.7 Å². The molecule has 238 valence electrons. The highest BCUT2D eigenvalue weighted by atomic mass is 14.8. The molecule has 0 saturated carbocycles. The number of rotatable bonds is 5. The minimum Gasteiger partial charge on any atom is -0.256 e. The van der Waals surface area contributed by atoms with Gasteiger partial charge in [0.2, 0.25) is 0 Å². The monoisotopic (exact) mass is 648 g/mol. The summed E-state index contributed by atoms with van der Waals surface area (Å²) in [4.78, 5) is 9.69. The maximum Gasteiger partial charge on any atom is 0.0701 e. The number of para-hydroxylation sites is 1. The number of fused-ring (bicyclic) bond motifs is 4. The van der Waals surface area contributed by atoms with Crippen LogP contribution in [0.1, 0.15) is 22.6 Å². The van der Waals surface area contributed by atoms with Gasteiger partial charge in [-0.05, 0) is 95.5 Å². The average Bonchev–Trinajstić information content (AvgIpc) is 3.60. The zero-order valence-corrected chi connectivity index (χ0v) is 27.9. The van der Waals surface area contributed by atoms with Gasteiger partial charge >= 0.3 is 0 Å². The number of pyridine rings is 1. The fourth-order valence-electron chi connectivity index (χ4n) is 8.04. The standard InChI is InChI=1S/C49H32N2/c1-2-12-34(13-3-1)49-48(43-18-8-9-20-45(43)51-49)38-28-26-35-30-37(27-25-36(35)31-38)47-41-16-6-4-14-39(41)46(40-15-5-7-17-42(40)47)33-23-21-32(22-24-33)44-19-10-11-29-50-44/h1-31,48H. The van der Waals surface area contributed by atoms with Crippen molar-refractivity contribution in [1.82, 2.24) is 4.98 Å². The third kappa shape index (κ3) is 4.95. The van der Waals surface area contributed by atoms with Crippen molar-refractivity contribution >= 4 is 43.7 Å². The molecule has 9 aromatic rings. The molecule has 0 bridgehead atoms. The quantitative estimate of drug-likeness (QED) is 0.171. The molecular formula is C49H32N2. The van der Waals surface area contributed by atoms with Crippen molar-refractivity contribution in [3.05, 3.63) is 205 Å². The second kappa shape index (κ2) is 12.0. The van der Waals surface area contributed by atoms with Crippen LogP contribution in [0.5, 0.6) is 0 Å². The predicted octanol–water partition coefficient (Wildman–Crippen LogP) is 12.8. The summed E-state index contributed by atoms with van der Waals surface area (Å²) >= 11 is 0. The number of aromatic nitrogens is 1. The van der Waals surface area contributed by atoms with Gasteiger partial charge in [-0.25, -0.2) is 0 Å². The topological polar surface area (TPSA) is 25.2 Å². The molecule has 0 spiro atoms. The van der Waals surface area contributed by atoms with Gasteiger partial charge in [-0.15, -0.1) is 0 Å². The molecule has 2 nitrogen and oxygen atoms in total. The van der Waals surface area contributed by atoms with Crippen LogP contribution >= 0.6 is 0 Å². The van der Waals surface area contributed by atoms with E-state index in [1.54, 1.807) is 0 Å². The van der Waals surface area contributed by atoms with Crippen molar-refractivity contribution in [2.45, 2.75) is 5.92 Å². The van der Waals surface area contributed by atoms with Gasteiger partial charge in [0.1, 0.15) is 0 Å². The van der Waals surface area contributed by atoms with Crippen LogP contribution in [0.15, 0.2) is 193 Å². The van der Waals surface area contributed by atoms with E-state index in [-0.39, 0.29) is 5.92 Å². The lowest BCUT2D eigenvalue weighted by atomic mass is 9.84. The molecule has 0 aliphatic carbocycles. The Bertz CT molecular complexity index is 2720. The molecule has 0 saturated heterocycles. The van der Waals surface area contributed by atoms with Gasteiger partial charge in [-0.1, -0.05) is 158 Å². The lowest BCUT2D eigenvalue weighted by Crippen LogP contribution is -2.11. The van der Waals surface area contributed by atoms with Crippen LogP contribution in [0.4, 0.5) is 5.69 Å². The molecule has 1 aromatic heterocycles. The molecule has 51 heavy (non-hydrogen) atoms. The van der Waals surface area contributed by atoms with Gasteiger partial charge in [0, 0.05) is 11.8 Å². The Morgan fingerprint density at radius 2 is 0.961 bits per heavy atom. The van der Waals surface area contributed by atoms with Crippen molar-refractivity contribution in [3.8, 4) is 33.5 Å². The molecule has 2 heteroatoms. The smallest absolute Gasteiger partial charge is 0.0701 e. The van der Waals surface area contributed by atoms with Crippen LogP contribution in [0, 0.1) is 0 Å². The largest absolute Gasteiger partial charge is 0.256 e. The van der Waals surface area contributed by atoms with Crippen LogP contribution in [0.2, 0.25) is 0 Å². The second-order valence-electron chi connectivity index (χ2n) is 13.3. The number of nitrogens with zero attached hydrogens (tertiary/aromatic N) is 2. The van der Waals surface area contributed by atoms with Gasteiger partial charge in [0.15, 0.2) is 0 Å². The summed E-state index contributed by atoms with van der Waals surface area (Å²) in [5.41, 5.74) is 12.9. The van der Waals surface area contributed by atoms with Gasteiger partial charge in [0.25, 0.3) is 0 Å². The van der Waals surface area contributed by atoms with Gasteiger partial charge in [-0.2, -0.15) is 0 Å². The van der Waals surface area contributed by atoms with E-state index in [2.05, 4.69) is 175 Å². The molecule has 8 aromatic carbocycles. The van der Waals surface area contributed by atoms with Crippen LogP contribution < -0.4 is 0 Å². The average molecular weight is 649 g/mol. The molecule has 0 N–H and O–H groups in total. The molecule has 0 radical (unpaired) electrons. The maximum atomic E-state index is 5.13. The van der Waals surface area contributed by atoms with E-state index < -0.39 is 0 Å². The van der Waals surface area contributed by atoms with E-state index in [4.69, 9.17) is 4.99 Å². The van der Waals surface area contributed by atoms with E-state index >= 15 is 0 Å². The highest BCUT2D eigenvalue weighted by Crippen LogP contribution is 2.45. The highest BCUT2D eigenvalue weighted by Gasteiger charge is 2.29. The Labute approximate surface area is 297 Å². The van der Waals surface area contributed by atoms with Crippen molar-refractivity contribution in [3.63, 3.8) is 0 Å². The Morgan fingerprint density at radius 3 is 1.67 bits per heavy atom. The third-order valence-electron chi connectivity index (χ3n) is 10.4. The summed E-state index contributed by atoms with van der Waals surface area (Å²) in [5.74, 6) is 0.0890. The minimum atomic E-state index is 0.0890. The normalized spacial score (nSPS) is 13.8. The van der Waals surface area contributed by atoms with Gasteiger partial charge in [0.05, 0.1) is 23.0 Å². The first kappa shape index (κ1) is 29.3. The maximum absolute atomic E-state index is 5.13. The summed E-state index contributed by atoms with van der Waals surface area (Å²) in [7, 11) is 0. The number of hydrogen-bond acceptors (Lipinski definition) is 2. The van der Waals surface area contributed by atoms with E-state index in [9.17, 15) is 0 Å². The lowest BCUT2D eigenvalue weighted by molar-refractivity contribution is 1.12. The number of benzene rings is 8. The third-order valence-corrected chi connectivity index (χ3v) is 10.4. The van der Waals surface area contributed by atoms with Crippen molar-refractivity contribution in [1.29, 1.82) is 0 Å². The Morgan fingerprint density at radius 1 is 0.392 bits per heavy atom. The van der Waals surface area contributed by atoms with Crippen molar-refractivity contribution < 1.29 is 0 Å². The van der Waals surface area contributed by atoms with Crippen LogP contribution in [0.3, 0.4) is 0 Å². The lowest BCUT2D eigenvalue weighted by Gasteiger charge is -2.19. The Kier molecular flexibility index (Phi) is 6.92. The first-order valence-electron chi connectivity index (χ1n) is 17.5. The van der Waals surface area contributed by atoms with Crippen LogP contribution in [-0.4, -0.2) is 10.7 Å². The van der Waals surface area contributed by atoms with Crippen LogP contribution in [0.25, 0.3) is 65.8 Å².